The standard InChI is InChI=1S/C26H22NSSi.C24H26NOSi.2C12H10N.2Ir/c1-29(2,3)26-17-27-23(16-21(26)18-9-5-4-6-10-18)19-13-14-25-22(15-19)20-11-7-8-12-24(20)28-25;1-16(2)12-18-14-21(25-15-24(18)27(3,4)5)17-10-11-23-20(13-17)19-8-6-7-9-22(19)26-23;2*1-10-6-5-9-12(13-10)11-7-3-2-4-8-11;;/h4-12,14-17H,1-3H3;6-9,11,13-16H,12H2,1-5H3;2*2-7,9H,1H3;;/q4*-1;;/i;;1D3;;;. The van der Waals surface area contributed by atoms with Gasteiger partial charge in [0.1, 0.15) is 5.58 Å². The van der Waals surface area contributed by atoms with Crippen LogP contribution in [0.25, 0.3) is 98.3 Å². The third-order valence-electron chi connectivity index (χ3n) is 14.0. The van der Waals surface area contributed by atoms with Gasteiger partial charge in [-0.2, -0.15) is 11.3 Å². The van der Waals surface area contributed by atoms with E-state index in [9.17, 15) is 0 Å². The van der Waals surface area contributed by atoms with E-state index in [-0.39, 0.29) is 45.9 Å². The number of fused-ring (bicyclic) bond motifs is 6. The summed E-state index contributed by atoms with van der Waals surface area (Å²) >= 11 is 1.83. The van der Waals surface area contributed by atoms with E-state index in [2.05, 4.69) is 197 Å². The van der Waals surface area contributed by atoms with E-state index in [1.165, 1.54) is 53.3 Å². The van der Waals surface area contributed by atoms with Crippen LogP contribution in [0, 0.1) is 44.0 Å². The van der Waals surface area contributed by atoms with Crippen LogP contribution in [0.5, 0.6) is 0 Å². The first-order valence-electron chi connectivity index (χ1n) is 29.3. The van der Waals surface area contributed by atoms with E-state index in [0.717, 1.165) is 73.4 Å². The number of pyridine rings is 4. The average Bonchev–Trinajstić information content (AvgIpc) is 2.04. The third-order valence-corrected chi connectivity index (χ3v) is 19.2. The quantitative estimate of drug-likeness (QED) is 0.106. The Hall–Kier alpha value is -7.11. The van der Waals surface area contributed by atoms with Crippen LogP contribution in [0.2, 0.25) is 39.3 Å². The fraction of sp³-hybridized carbons (Fsp3) is 0.162. The summed E-state index contributed by atoms with van der Waals surface area (Å²) in [6, 6.07) is 79.7. The fourth-order valence-electron chi connectivity index (χ4n) is 10.0. The van der Waals surface area contributed by atoms with Crippen LogP contribution < -0.4 is 10.4 Å². The molecule has 0 aliphatic carbocycles. The number of aryl methyl sites for hydroxylation is 2. The maximum atomic E-state index is 7.29. The van der Waals surface area contributed by atoms with Crippen molar-refractivity contribution in [3.05, 3.63) is 254 Å². The molecule has 0 amide bonds. The normalized spacial score (nSPS) is 11.9. The van der Waals surface area contributed by atoms with Gasteiger partial charge >= 0.3 is 0 Å². The number of nitrogens with zero attached hydrogens (tertiary/aromatic N) is 4. The molecule has 426 valence electrons. The van der Waals surface area contributed by atoms with Crippen molar-refractivity contribution in [3.8, 4) is 56.2 Å². The number of aromatic nitrogens is 4. The second-order valence-corrected chi connectivity index (χ2v) is 34.0. The molecule has 0 atom stereocenters. The minimum Gasteiger partial charge on any atom is -0.500 e. The molecule has 10 heteroatoms. The van der Waals surface area contributed by atoms with E-state index in [0.29, 0.717) is 11.6 Å². The zero-order valence-electron chi connectivity index (χ0n) is 51.8. The van der Waals surface area contributed by atoms with E-state index in [1.807, 2.05) is 97.1 Å². The number of hydrogen-bond donors (Lipinski definition) is 0. The summed E-state index contributed by atoms with van der Waals surface area (Å²) in [5.74, 6) is 0.625. The minimum absolute atomic E-state index is 0. The number of benzene rings is 7. The zero-order valence-corrected chi connectivity index (χ0v) is 56.4. The molecule has 0 saturated carbocycles. The molecule has 5 nitrogen and oxygen atoms in total. The molecule has 0 fully saturated rings. The Balaban J connectivity index is 0.000000156. The Morgan fingerprint density at radius 2 is 1.05 bits per heavy atom. The van der Waals surface area contributed by atoms with Crippen LogP contribution >= 0.6 is 11.3 Å². The van der Waals surface area contributed by atoms with Gasteiger partial charge in [0.2, 0.25) is 0 Å². The smallest absolute Gasteiger partial charge is 0.120 e. The molecule has 6 aromatic heterocycles. The number of rotatable bonds is 9. The second-order valence-electron chi connectivity index (χ2n) is 22.9. The molecule has 0 N–H and O–H groups in total. The van der Waals surface area contributed by atoms with Crippen molar-refractivity contribution in [2.75, 3.05) is 0 Å². The SMILES string of the molecule is CC(C)Cc1cc(-c2[c-]cc3oc4ccccc4c3c2)ncc1[Si](C)(C)C.C[Si](C)(C)c1cnc(-c2[c-]cc3sc4ccccc4c3c2)cc1-c1ccccc1.Cc1cccc(-c2[c-]cccc2)n1.[2H]C([2H])([2H])c1cccc(-c2[c-]cccc2)n1.[Ir].[Ir]. The first-order chi connectivity index (χ1) is 40.8. The average molecular weight is 1510 g/mol. The molecule has 13 rings (SSSR count). The van der Waals surface area contributed by atoms with Crippen LogP contribution in [0.15, 0.2) is 217 Å². The topological polar surface area (TPSA) is 64.7 Å². The minimum atomic E-state index is -2.16. The van der Waals surface area contributed by atoms with Crippen LogP contribution in [-0.2, 0) is 46.6 Å². The molecular formula is C74H68Ir2N4OSSi2-4. The maximum Gasteiger partial charge on any atom is 0.120 e. The number of para-hydroxylation sites is 1. The van der Waals surface area contributed by atoms with Crippen molar-refractivity contribution in [2.24, 2.45) is 5.92 Å². The summed E-state index contributed by atoms with van der Waals surface area (Å²) in [6.07, 6.45) is 5.31. The van der Waals surface area contributed by atoms with Crippen molar-refractivity contribution >= 4 is 80.0 Å². The largest absolute Gasteiger partial charge is 0.500 e. The molecule has 0 saturated heterocycles. The van der Waals surface area contributed by atoms with E-state index in [1.54, 1.807) is 18.2 Å². The monoisotopic (exact) mass is 1510 g/mol. The van der Waals surface area contributed by atoms with Gasteiger partial charge in [-0.15, -0.1) is 119 Å². The van der Waals surface area contributed by atoms with Gasteiger partial charge in [-0.3, -0.25) is 0 Å². The van der Waals surface area contributed by atoms with E-state index in [4.69, 9.17) is 18.5 Å². The third kappa shape index (κ3) is 15.4. The number of hydrogen-bond acceptors (Lipinski definition) is 6. The van der Waals surface area contributed by atoms with E-state index < -0.39 is 23.0 Å². The van der Waals surface area contributed by atoms with Crippen LogP contribution in [0.4, 0.5) is 0 Å². The predicted octanol–water partition coefficient (Wildman–Crippen LogP) is 19.0. The number of furan rings is 1. The maximum absolute atomic E-state index is 7.29. The van der Waals surface area contributed by atoms with Crippen molar-refractivity contribution in [3.63, 3.8) is 0 Å². The molecular weight excluding hydrogens is 1430 g/mol. The molecule has 0 unspecified atom stereocenters. The van der Waals surface area contributed by atoms with Crippen molar-refractivity contribution < 1.29 is 48.7 Å². The van der Waals surface area contributed by atoms with Crippen LogP contribution in [0.1, 0.15) is 34.9 Å². The Morgan fingerprint density at radius 3 is 1.67 bits per heavy atom. The Bertz CT molecular complexity index is 4410. The summed E-state index contributed by atoms with van der Waals surface area (Å²) in [5, 5.41) is 7.73. The van der Waals surface area contributed by atoms with Crippen molar-refractivity contribution in [2.45, 2.75) is 73.3 Å². The van der Waals surface area contributed by atoms with Gasteiger partial charge in [-0.25, -0.2) is 0 Å². The molecule has 6 heterocycles. The molecule has 84 heavy (non-hydrogen) atoms. The Labute approximate surface area is 533 Å². The summed E-state index contributed by atoms with van der Waals surface area (Å²) < 4.78 is 30.4. The van der Waals surface area contributed by atoms with Crippen molar-refractivity contribution in [1.82, 2.24) is 19.9 Å². The van der Waals surface area contributed by atoms with Gasteiger partial charge in [0, 0.05) is 78.2 Å². The van der Waals surface area contributed by atoms with Gasteiger partial charge in [0.05, 0.1) is 21.7 Å². The molecule has 0 aliphatic rings. The molecule has 2 radical (unpaired) electrons. The Morgan fingerprint density at radius 1 is 0.488 bits per heavy atom. The summed E-state index contributed by atoms with van der Waals surface area (Å²) in [6.45, 7) is 18.7. The first kappa shape index (κ1) is 58.7. The molecule has 13 aromatic rings. The molecule has 0 aliphatic heterocycles. The number of thiophene rings is 1. The summed E-state index contributed by atoms with van der Waals surface area (Å²) in [4.78, 5) is 18.2. The van der Waals surface area contributed by atoms with Gasteiger partial charge in [0.15, 0.2) is 0 Å². The fourth-order valence-corrected chi connectivity index (χ4v) is 14.1. The van der Waals surface area contributed by atoms with Crippen molar-refractivity contribution in [1.29, 1.82) is 0 Å². The first-order valence-corrected chi connectivity index (χ1v) is 35.7. The van der Waals surface area contributed by atoms with Gasteiger partial charge in [-0.1, -0.05) is 173 Å². The second kappa shape index (κ2) is 28.2. The summed E-state index contributed by atoms with van der Waals surface area (Å²) in [5.41, 5.74) is 14.5. The van der Waals surface area contributed by atoms with Gasteiger partial charge in [-0.05, 0) is 105 Å². The summed E-state index contributed by atoms with van der Waals surface area (Å²) in [7, 11) is -2.95. The molecule has 7 aromatic carbocycles. The predicted molar refractivity (Wildman–Crippen MR) is 354 cm³/mol. The van der Waals surface area contributed by atoms with Gasteiger partial charge < -0.3 is 24.4 Å². The molecule has 0 spiro atoms. The Kier molecular flexibility index (Phi) is 19.7. The van der Waals surface area contributed by atoms with E-state index >= 15 is 0 Å². The molecule has 0 bridgehead atoms. The van der Waals surface area contributed by atoms with Crippen LogP contribution in [-0.4, -0.2) is 36.1 Å². The zero-order chi connectivity index (χ0) is 59.9. The van der Waals surface area contributed by atoms with Crippen LogP contribution in [0.3, 0.4) is 0 Å². The van der Waals surface area contributed by atoms with Gasteiger partial charge in [0.25, 0.3) is 0 Å².